The molecule has 4 saturated carbocycles. The topological polar surface area (TPSA) is 64.5 Å². The van der Waals surface area contributed by atoms with Gasteiger partial charge in [-0.25, -0.2) is 13.8 Å². The smallest absolute Gasteiger partial charge is 0.345 e. The standard InChI is InChI=1S/C37H43F4N3O3/c1-24(2)46-29-8-5-25(6-9-29)26-11-18-42-31(19-26)44(32(45)27-20-34(3,21-27)47-33(38)39)23-36-12-15-37(16-13-36,17-14-36)30-10-7-28(22-43-30)35(4,40)41/h5-11,18-19,22,24,27,33H,12-17,20-21,23H2,1-4H3. The van der Waals surface area contributed by atoms with Gasteiger partial charge in [0.1, 0.15) is 11.6 Å². The van der Waals surface area contributed by atoms with Gasteiger partial charge in [-0.05, 0) is 125 Å². The van der Waals surface area contributed by atoms with Crippen molar-refractivity contribution < 1.29 is 31.8 Å². The molecule has 7 rings (SSSR count). The number of nitrogens with zero attached hydrogens (tertiary/aromatic N) is 3. The van der Waals surface area contributed by atoms with Crippen LogP contribution >= 0.6 is 0 Å². The largest absolute Gasteiger partial charge is 0.491 e. The normalized spacial score (nSPS) is 27.1. The lowest BCUT2D eigenvalue weighted by molar-refractivity contribution is -0.237. The van der Waals surface area contributed by atoms with E-state index in [-0.39, 0.29) is 41.2 Å². The van der Waals surface area contributed by atoms with Gasteiger partial charge in [-0.15, -0.1) is 0 Å². The number of benzene rings is 1. The number of amides is 1. The highest BCUT2D eigenvalue weighted by Gasteiger charge is 2.53. The molecule has 0 unspecified atom stereocenters. The Morgan fingerprint density at radius 1 is 0.957 bits per heavy atom. The van der Waals surface area contributed by atoms with Crippen LogP contribution in [0.5, 0.6) is 5.75 Å². The van der Waals surface area contributed by atoms with Crippen LogP contribution < -0.4 is 9.64 Å². The number of rotatable bonds is 11. The number of halogens is 4. The summed E-state index contributed by atoms with van der Waals surface area (Å²) in [5.74, 6) is -2.20. The van der Waals surface area contributed by atoms with Gasteiger partial charge < -0.3 is 9.47 Å². The number of fused-ring (bicyclic) bond motifs is 3. The second-order valence-corrected chi connectivity index (χ2v) is 14.6. The third-order valence-electron chi connectivity index (χ3n) is 10.6. The first-order valence-electron chi connectivity index (χ1n) is 16.5. The zero-order valence-corrected chi connectivity index (χ0v) is 27.4. The van der Waals surface area contributed by atoms with Gasteiger partial charge >= 0.3 is 6.61 Å². The van der Waals surface area contributed by atoms with E-state index >= 15 is 0 Å². The predicted octanol–water partition coefficient (Wildman–Crippen LogP) is 9.08. The molecule has 2 aromatic heterocycles. The fourth-order valence-corrected chi connectivity index (χ4v) is 7.89. The average molecular weight is 654 g/mol. The summed E-state index contributed by atoms with van der Waals surface area (Å²) < 4.78 is 64.4. The number of hydrogen-bond donors (Lipinski definition) is 0. The van der Waals surface area contributed by atoms with Crippen molar-refractivity contribution in [2.45, 2.75) is 109 Å². The minimum atomic E-state index is -2.94. The minimum absolute atomic E-state index is 0.0578. The summed E-state index contributed by atoms with van der Waals surface area (Å²) in [6, 6.07) is 14.9. The van der Waals surface area contributed by atoms with Gasteiger partial charge in [0, 0.05) is 48.5 Å². The van der Waals surface area contributed by atoms with Crippen LogP contribution in [0.4, 0.5) is 23.4 Å². The molecule has 10 heteroatoms. The van der Waals surface area contributed by atoms with Crippen molar-refractivity contribution in [3.63, 3.8) is 0 Å². The molecule has 4 aliphatic rings. The molecule has 0 aliphatic heterocycles. The van der Waals surface area contributed by atoms with Gasteiger partial charge in [0.25, 0.3) is 5.92 Å². The first-order chi connectivity index (χ1) is 22.2. The molecule has 0 spiro atoms. The molecule has 4 aliphatic carbocycles. The second kappa shape index (κ2) is 12.5. The Labute approximate surface area is 273 Å². The monoisotopic (exact) mass is 653 g/mol. The highest BCUT2D eigenvalue weighted by atomic mass is 19.3. The average Bonchev–Trinajstić information content (AvgIpc) is 3.02. The van der Waals surface area contributed by atoms with Gasteiger partial charge in [-0.1, -0.05) is 12.1 Å². The van der Waals surface area contributed by atoms with Gasteiger partial charge in [0.05, 0.1) is 11.7 Å². The van der Waals surface area contributed by atoms with E-state index < -0.39 is 24.1 Å². The van der Waals surface area contributed by atoms with Gasteiger partial charge in [0.15, 0.2) is 0 Å². The minimum Gasteiger partial charge on any atom is -0.491 e. The molecule has 0 saturated heterocycles. The lowest BCUT2D eigenvalue weighted by Crippen LogP contribution is -2.55. The molecule has 47 heavy (non-hydrogen) atoms. The summed E-state index contributed by atoms with van der Waals surface area (Å²) in [6.07, 6.45) is 8.64. The highest BCUT2D eigenvalue weighted by Crippen LogP contribution is 2.58. The molecule has 6 nitrogen and oxygen atoms in total. The van der Waals surface area contributed by atoms with Crippen LogP contribution in [0.3, 0.4) is 0 Å². The molecule has 0 N–H and O–H groups in total. The van der Waals surface area contributed by atoms with Gasteiger partial charge in [-0.2, -0.15) is 8.78 Å². The first kappa shape index (κ1) is 33.4. The van der Waals surface area contributed by atoms with E-state index in [4.69, 9.17) is 9.47 Å². The van der Waals surface area contributed by atoms with E-state index in [9.17, 15) is 22.4 Å². The van der Waals surface area contributed by atoms with E-state index in [1.165, 1.54) is 12.3 Å². The van der Waals surface area contributed by atoms with Crippen molar-refractivity contribution in [3.8, 4) is 16.9 Å². The lowest BCUT2D eigenvalue weighted by Gasteiger charge is -2.55. The molecule has 252 valence electrons. The zero-order chi connectivity index (χ0) is 33.6. The fourth-order valence-electron chi connectivity index (χ4n) is 7.89. The van der Waals surface area contributed by atoms with Gasteiger partial charge in [0.2, 0.25) is 5.91 Å². The molecular formula is C37H43F4N3O3. The number of alkyl halides is 4. The van der Waals surface area contributed by atoms with Crippen molar-refractivity contribution >= 4 is 11.7 Å². The number of aromatic nitrogens is 2. The lowest BCUT2D eigenvalue weighted by atomic mass is 9.52. The Morgan fingerprint density at radius 2 is 1.62 bits per heavy atom. The van der Waals surface area contributed by atoms with Crippen LogP contribution in [0.1, 0.15) is 90.3 Å². The summed E-state index contributed by atoms with van der Waals surface area (Å²) in [6.45, 7) is 4.03. The van der Waals surface area contributed by atoms with Crippen LogP contribution in [0, 0.1) is 11.3 Å². The molecule has 0 atom stereocenters. The maximum atomic E-state index is 14.2. The molecule has 3 aromatic rings. The summed E-state index contributed by atoms with van der Waals surface area (Å²) in [7, 11) is 0. The summed E-state index contributed by atoms with van der Waals surface area (Å²) in [5.41, 5.74) is 1.29. The van der Waals surface area contributed by atoms with E-state index in [1.807, 2.05) is 50.2 Å². The summed E-state index contributed by atoms with van der Waals surface area (Å²) in [4.78, 5) is 25.1. The highest BCUT2D eigenvalue weighted by molar-refractivity contribution is 5.95. The Kier molecular flexibility index (Phi) is 8.87. The van der Waals surface area contributed by atoms with Crippen molar-refractivity contribution in [3.05, 3.63) is 72.2 Å². The Bertz CT molecular complexity index is 1540. The molecule has 2 heterocycles. The predicted molar refractivity (Wildman–Crippen MR) is 172 cm³/mol. The number of ether oxygens (including phenoxy) is 2. The molecular weight excluding hydrogens is 610 g/mol. The molecule has 4 fully saturated rings. The van der Waals surface area contributed by atoms with E-state index in [2.05, 4.69) is 9.97 Å². The quantitative estimate of drug-likeness (QED) is 0.193. The van der Waals surface area contributed by atoms with E-state index in [0.717, 1.165) is 68.0 Å². The second-order valence-electron chi connectivity index (χ2n) is 14.6. The number of anilines is 1. The van der Waals surface area contributed by atoms with Crippen LogP contribution in [0.2, 0.25) is 0 Å². The van der Waals surface area contributed by atoms with E-state index in [1.54, 1.807) is 24.1 Å². The van der Waals surface area contributed by atoms with E-state index in [0.29, 0.717) is 12.4 Å². The van der Waals surface area contributed by atoms with Crippen LogP contribution in [-0.2, 0) is 20.9 Å². The van der Waals surface area contributed by atoms with Crippen LogP contribution in [0.15, 0.2) is 60.9 Å². The molecule has 1 amide bonds. The Morgan fingerprint density at radius 3 is 2.17 bits per heavy atom. The van der Waals surface area contributed by atoms with Crippen LogP contribution in [-0.4, -0.2) is 40.7 Å². The van der Waals surface area contributed by atoms with Crippen LogP contribution in [0.25, 0.3) is 11.1 Å². The van der Waals surface area contributed by atoms with Crippen molar-refractivity contribution in [2.75, 3.05) is 11.4 Å². The summed E-state index contributed by atoms with van der Waals surface area (Å²) >= 11 is 0. The third kappa shape index (κ3) is 7.03. The number of hydrogen-bond acceptors (Lipinski definition) is 5. The van der Waals surface area contributed by atoms with Gasteiger partial charge in [-0.3, -0.25) is 14.7 Å². The molecule has 2 bridgehead atoms. The van der Waals surface area contributed by atoms with Crippen molar-refractivity contribution in [1.29, 1.82) is 0 Å². The number of carbonyl (C=O) groups excluding carboxylic acids is 1. The SMILES string of the molecule is CC(C)Oc1ccc(-c2ccnc(N(CC34CCC(c5ccc(C(C)(F)F)cn5)(CC3)CC4)C(=O)C3CC(C)(OC(F)F)C3)c2)cc1. The summed E-state index contributed by atoms with van der Waals surface area (Å²) in [5, 5.41) is 0. The Hall–Kier alpha value is -3.53. The fraction of sp³-hybridized carbons (Fsp3) is 0.541. The maximum absolute atomic E-state index is 14.2. The zero-order valence-electron chi connectivity index (χ0n) is 27.4. The van der Waals surface area contributed by atoms with Crippen molar-refractivity contribution in [1.82, 2.24) is 9.97 Å². The van der Waals surface area contributed by atoms with Crippen molar-refractivity contribution in [2.24, 2.45) is 11.3 Å². The maximum Gasteiger partial charge on any atom is 0.345 e. The molecule has 0 radical (unpaired) electrons. The Balaban J connectivity index is 1.24. The number of carbonyl (C=O) groups is 1. The first-order valence-corrected chi connectivity index (χ1v) is 16.5. The molecule has 1 aromatic carbocycles. The third-order valence-corrected chi connectivity index (χ3v) is 10.6. The number of pyridine rings is 2.